The number of ether oxygens (including phenoxy) is 5. The smallest absolute Gasteiger partial charge is 0.333 e. The number of hydrogen-bond acceptors (Lipinski definition) is 10. The zero-order valence-corrected chi connectivity index (χ0v) is 29.0. The summed E-state index contributed by atoms with van der Waals surface area (Å²) in [5.41, 5.74) is 11.3. The van der Waals surface area contributed by atoms with Gasteiger partial charge in [0.25, 0.3) is 0 Å². The van der Waals surface area contributed by atoms with Gasteiger partial charge in [-0.2, -0.15) is 0 Å². The molecule has 0 saturated carbocycles. The first kappa shape index (κ1) is 38.2. The molecular formula is C36H46N3O9P. The molecule has 49 heavy (non-hydrogen) atoms. The zero-order valence-electron chi connectivity index (χ0n) is 28.1. The van der Waals surface area contributed by atoms with Crippen LogP contribution in [0.1, 0.15) is 42.9 Å². The van der Waals surface area contributed by atoms with Crippen molar-refractivity contribution in [1.29, 1.82) is 0 Å². The van der Waals surface area contributed by atoms with Gasteiger partial charge < -0.3 is 32.7 Å². The SMILES string of the molecule is COP(=O)(C[C@H]1OC(COCc2ccccc2)[C@@H](OCc2ccccc2)C(OC(C)=O)C1OCc1ccccc1)OCCCCCN=[N+]=[N-]. The summed E-state index contributed by atoms with van der Waals surface area (Å²) >= 11 is 0. The average molecular weight is 696 g/mol. The predicted molar refractivity (Wildman–Crippen MR) is 184 cm³/mol. The van der Waals surface area contributed by atoms with E-state index in [2.05, 4.69) is 10.0 Å². The molecule has 0 aliphatic carbocycles. The number of unbranched alkanes of at least 4 members (excludes halogenated alkanes) is 2. The van der Waals surface area contributed by atoms with E-state index in [-0.39, 0.29) is 32.6 Å². The molecule has 1 heterocycles. The quantitative estimate of drug-likeness (QED) is 0.0277. The Kier molecular flexibility index (Phi) is 16.3. The molecule has 0 N–H and O–H groups in total. The molecule has 0 amide bonds. The Morgan fingerprint density at radius 3 is 1.88 bits per heavy atom. The first-order valence-electron chi connectivity index (χ1n) is 16.5. The maximum absolute atomic E-state index is 14.0. The number of benzene rings is 3. The van der Waals surface area contributed by atoms with Crippen molar-refractivity contribution in [2.24, 2.45) is 5.11 Å². The van der Waals surface area contributed by atoms with Crippen LogP contribution in [0.25, 0.3) is 10.4 Å². The topological polar surface area (TPSA) is 148 Å². The molecule has 264 valence electrons. The minimum Gasteiger partial charge on any atom is -0.457 e. The van der Waals surface area contributed by atoms with Crippen molar-refractivity contribution in [3.8, 4) is 0 Å². The monoisotopic (exact) mass is 695 g/mol. The molecule has 3 aromatic carbocycles. The van der Waals surface area contributed by atoms with Gasteiger partial charge in [-0.1, -0.05) is 103 Å². The van der Waals surface area contributed by atoms with Gasteiger partial charge in [0.1, 0.15) is 18.3 Å². The maximum Gasteiger partial charge on any atom is 0.333 e. The molecule has 4 rings (SSSR count). The van der Waals surface area contributed by atoms with Crippen molar-refractivity contribution < 1.29 is 42.1 Å². The van der Waals surface area contributed by atoms with Crippen LogP contribution in [-0.4, -0.2) is 69.5 Å². The molecule has 0 bridgehead atoms. The van der Waals surface area contributed by atoms with Crippen molar-refractivity contribution in [1.82, 2.24) is 0 Å². The van der Waals surface area contributed by atoms with E-state index in [1.165, 1.54) is 14.0 Å². The lowest BCUT2D eigenvalue weighted by Crippen LogP contribution is -2.62. The molecule has 12 nitrogen and oxygen atoms in total. The van der Waals surface area contributed by atoms with Crippen LogP contribution in [0, 0.1) is 0 Å². The number of carbonyl (C=O) groups excluding carboxylic acids is 1. The highest BCUT2D eigenvalue weighted by molar-refractivity contribution is 7.53. The fourth-order valence-corrected chi connectivity index (χ4v) is 7.01. The number of carbonyl (C=O) groups is 1. The number of rotatable bonds is 21. The molecule has 1 aliphatic heterocycles. The van der Waals surface area contributed by atoms with Crippen molar-refractivity contribution in [3.05, 3.63) is 118 Å². The first-order chi connectivity index (χ1) is 23.9. The van der Waals surface area contributed by atoms with Crippen LogP contribution < -0.4 is 0 Å². The molecular weight excluding hydrogens is 649 g/mol. The number of hydrogen-bond donors (Lipinski definition) is 0. The van der Waals surface area contributed by atoms with E-state index in [9.17, 15) is 9.36 Å². The summed E-state index contributed by atoms with van der Waals surface area (Å²) in [4.78, 5) is 15.4. The van der Waals surface area contributed by atoms with Gasteiger partial charge in [-0.3, -0.25) is 9.36 Å². The van der Waals surface area contributed by atoms with Gasteiger partial charge in [0, 0.05) is 25.5 Å². The number of azide groups is 1. The molecule has 6 atom stereocenters. The van der Waals surface area contributed by atoms with Crippen LogP contribution in [0.15, 0.2) is 96.1 Å². The van der Waals surface area contributed by atoms with Gasteiger partial charge in [0.15, 0.2) is 6.10 Å². The van der Waals surface area contributed by atoms with E-state index in [1.807, 2.05) is 91.0 Å². The van der Waals surface area contributed by atoms with Gasteiger partial charge in [0.05, 0.1) is 45.3 Å². The average Bonchev–Trinajstić information content (AvgIpc) is 3.12. The summed E-state index contributed by atoms with van der Waals surface area (Å²) in [6.07, 6.45) is -2.42. The van der Waals surface area contributed by atoms with Crippen molar-refractivity contribution in [2.45, 2.75) is 76.5 Å². The Morgan fingerprint density at radius 2 is 1.35 bits per heavy atom. The molecule has 3 aromatic rings. The highest BCUT2D eigenvalue weighted by Crippen LogP contribution is 2.50. The Bertz CT molecular complexity index is 1480. The minimum atomic E-state index is -3.72. The van der Waals surface area contributed by atoms with Crippen LogP contribution in [0.2, 0.25) is 0 Å². The third-order valence-corrected chi connectivity index (χ3v) is 9.87. The molecule has 1 saturated heterocycles. The molecule has 4 unspecified atom stereocenters. The van der Waals surface area contributed by atoms with Crippen molar-refractivity contribution >= 4 is 13.6 Å². The van der Waals surface area contributed by atoms with Crippen LogP contribution in [-0.2, 0) is 61.9 Å². The molecule has 13 heteroatoms. The van der Waals surface area contributed by atoms with E-state index in [0.29, 0.717) is 26.0 Å². The number of esters is 1. The second kappa shape index (κ2) is 20.8. The standard InChI is InChI=1S/C36H46N3O9P/c1-28(40)47-36-34(44-24-30-17-9-4-10-18-30)32(26-43-23-29-15-7-3-8-16-29)48-33(35(36)45-25-31-19-11-5-12-20-31)27-49(41,42-2)46-22-14-6-13-21-38-39-37/h3-5,7-12,15-20,32-36H,6,13-14,21-27H2,1-2H3/t32?,33-,34-,35?,36?,49?/m1/s1. The van der Waals surface area contributed by atoms with E-state index in [1.54, 1.807) is 0 Å². The van der Waals surface area contributed by atoms with Crippen LogP contribution in [0.4, 0.5) is 0 Å². The van der Waals surface area contributed by atoms with E-state index in [4.69, 9.17) is 38.3 Å². The maximum atomic E-state index is 14.0. The second-order valence-electron chi connectivity index (χ2n) is 11.6. The fraction of sp³-hybridized carbons (Fsp3) is 0.472. The molecule has 0 radical (unpaired) electrons. The summed E-state index contributed by atoms with van der Waals surface area (Å²) in [7, 11) is -2.38. The van der Waals surface area contributed by atoms with Gasteiger partial charge in [-0.25, -0.2) is 0 Å². The van der Waals surface area contributed by atoms with Crippen molar-refractivity contribution in [3.63, 3.8) is 0 Å². The lowest BCUT2D eigenvalue weighted by Gasteiger charge is -2.46. The minimum absolute atomic E-state index is 0.0946. The van der Waals surface area contributed by atoms with E-state index < -0.39 is 44.1 Å². The van der Waals surface area contributed by atoms with Crippen LogP contribution in [0.3, 0.4) is 0 Å². The largest absolute Gasteiger partial charge is 0.457 e. The summed E-state index contributed by atoms with van der Waals surface area (Å²) < 4.78 is 57.1. The van der Waals surface area contributed by atoms with Gasteiger partial charge in [0.2, 0.25) is 0 Å². The van der Waals surface area contributed by atoms with Crippen LogP contribution >= 0.6 is 7.60 Å². The van der Waals surface area contributed by atoms with E-state index >= 15 is 0 Å². The highest BCUT2D eigenvalue weighted by Gasteiger charge is 2.51. The normalized spacial score (nSPS) is 21.7. The molecule has 1 fully saturated rings. The lowest BCUT2D eigenvalue weighted by atomic mass is 9.94. The van der Waals surface area contributed by atoms with E-state index in [0.717, 1.165) is 23.1 Å². The molecule has 0 spiro atoms. The number of nitrogens with zero attached hydrogens (tertiary/aromatic N) is 3. The summed E-state index contributed by atoms with van der Waals surface area (Å²) in [6, 6.07) is 29.0. The highest BCUT2D eigenvalue weighted by atomic mass is 31.2. The van der Waals surface area contributed by atoms with Gasteiger partial charge >= 0.3 is 13.6 Å². The summed E-state index contributed by atoms with van der Waals surface area (Å²) in [5, 5.41) is 3.54. The zero-order chi connectivity index (χ0) is 34.7. The van der Waals surface area contributed by atoms with Crippen molar-refractivity contribution in [2.75, 3.05) is 33.0 Å². The Balaban J connectivity index is 1.60. The third-order valence-electron chi connectivity index (χ3n) is 7.93. The first-order valence-corrected chi connectivity index (χ1v) is 18.2. The second-order valence-corrected chi connectivity index (χ2v) is 13.8. The van der Waals surface area contributed by atoms with Crippen LogP contribution in [0.5, 0.6) is 0 Å². The lowest BCUT2D eigenvalue weighted by molar-refractivity contribution is -0.261. The summed E-state index contributed by atoms with van der Waals surface area (Å²) in [5.74, 6) is -0.525. The Labute approximate surface area is 288 Å². The van der Waals surface area contributed by atoms with Gasteiger partial charge in [-0.15, -0.1) is 0 Å². The molecule has 0 aromatic heterocycles. The fourth-order valence-electron chi connectivity index (χ4n) is 5.51. The summed E-state index contributed by atoms with van der Waals surface area (Å²) in [6.45, 7) is 2.69. The molecule has 1 aliphatic rings. The van der Waals surface area contributed by atoms with Gasteiger partial charge in [-0.05, 0) is 35.1 Å². The Morgan fingerprint density at radius 1 is 0.796 bits per heavy atom. The Hall–Kier alpha value is -3.57. The predicted octanol–water partition coefficient (Wildman–Crippen LogP) is 7.41. The third kappa shape index (κ3) is 13.0.